The van der Waals surface area contributed by atoms with Gasteiger partial charge in [-0.3, -0.25) is 4.79 Å². The number of carbonyl (C=O) groups excluding carboxylic acids is 1. The van der Waals surface area contributed by atoms with E-state index in [2.05, 4.69) is 20.6 Å². The molecule has 2 aromatic carbocycles. The lowest BCUT2D eigenvalue weighted by Gasteiger charge is -2.19. The van der Waals surface area contributed by atoms with Gasteiger partial charge in [-0.1, -0.05) is 41.4 Å². The van der Waals surface area contributed by atoms with Crippen LogP contribution in [-0.4, -0.2) is 21.7 Å². The van der Waals surface area contributed by atoms with E-state index in [0.29, 0.717) is 39.1 Å². The number of anilines is 2. The average molecular weight is 525 g/mol. The number of nitrogens with one attached hydrogen (secondary N) is 3. The Labute approximate surface area is 218 Å². The van der Waals surface area contributed by atoms with Gasteiger partial charge in [0.15, 0.2) is 0 Å². The van der Waals surface area contributed by atoms with Crippen LogP contribution in [0.4, 0.5) is 16.3 Å². The second-order valence-corrected chi connectivity index (χ2v) is 10.2. The molecule has 1 amide bonds. The molecule has 9 heteroatoms. The maximum Gasteiger partial charge on any atom is 0.407 e. The lowest BCUT2D eigenvalue weighted by atomic mass is 10.0. The van der Waals surface area contributed by atoms with Gasteiger partial charge in [0.05, 0.1) is 21.1 Å². The quantitative estimate of drug-likeness (QED) is 0.261. The molecule has 0 unspecified atom stereocenters. The number of nitrogens with zero attached hydrogens (tertiary/aromatic N) is 1. The zero-order valence-electron chi connectivity index (χ0n) is 20.3. The second-order valence-electron chi connectivity index (χ2n) is 9.35. The summed E-state index contributed by atoms with van der Waals surface area (Å²) in [5, 5.41) is 7.58. The Hall–Kier alpha value is -3.55. The van der Waals surface area contributed by atoms with Gasteiger partial charge in [0.25, 0.3) is 5.56 Å². The molecule has 0 saturated heterocycles. The van der Waals surface area contributed by atoms with Crippen molar-refractivity contribution in [2.24, 2.45) is 0 Å². The van der Waals surface area contributed by atoms with Gasteiger partial charge in [0, 0.05) is 34.9 Å². The van der Waals surface area contributed by atoms with E-state index in [1.54, 1.807) is 30.5 Å². The van der Waals surface area contributed by atoms with E-state index in [1.807, 2.05) is 52.0 Å². The number of benzene rings is 2. The normalized spacial score (nSPS) is 11.4. The number of aryl methyl sites for hydroxylation is 1. The van der Waals surface area contributed by atoms with Gasteiger partial charge >= 0.3 is 6.09 Å². The van der Waals surface area contributed by atoms with Crippen molar-refractivity contribution in [1.29, 1.82) is 0 Å². The minimum absolute atomic E-state index is 0.292. The fourth-order valence-corrected chi connectivity index (χ4v) is 4.31. The van der Waals surface area contributed by atoms with Crippen LogP contribution in [0.2, 0.25) is 10.0 Å². The highest BCUT2D eigenvalue weighted by molar-refractivity contribution is 6.39. The third kappa shape index (κ3) is 5.80. The molecule has 2 aromatic heterocycles. The average Bonchev–Trinajstić information content (AvgIpc) is 2.80. The molecule has 0 bridgehead atoms. The van der Waals surface area contributed by atoms with Crippen molar-refractivity contribution in [1.82, 2.24) is 15.3 Å². The molecule has 36 heavy (non-hydrogen) atoms. The van der Waals surface area contributed by atoms with Crippen LogP contribution in [0.1, 0.15) is 31.9 Å². The molecule has 0 atom stereocenters. The van der Waals surface area contributed by atoms with Gasteiger partial charge in [-0.25, -0.2) is 9.78 Å². The molecule has 0 aliphatic rings. The second kappa shape index (κ2) is 10.2. The van der Waals surface area contributed by atoms with Gasteiger partial charge in [-0.2, -0.15) is 0 Å². The first kappa shape index (κ1) is 25.5. The van der Waals surface area contributed by atoms with Crippen molar-refractivity contribution in [3.63, 3.8) is 0 Å². The fraction of sp³-hybridized carbons (Fsp3) is 0.222. The smallest absolute Gasteiger partial charge is 0.407 e. The number of H-pyrrole nitrogens is 1. The van der Waals surface area contributed by atoms with Gasteiger partial charge < -0.3 is 20.4 Å². The summed E-state index contributed by atoms with van der Waals surface area (Å²) in [4.78, 5) is 32.3. The fourth-order valence-electron chi connectivity index (χ4n) is 3.71. The van der Waals surface area contributed by atoms with Crippen LogP contribution in [0.15, 0.2) is 59.5 Å². The number of carbonyl (C=O) groups is 1. The van der Waals surface area contributed by atoms with Crippen molar-refractivity contribution in [3.8, 4) is 11.1 Å². The Bertz CT molecular complexity index is 1470. The molecule has 3 N–H and O–H groups in total. The summed E-state index contributed by atoms with van der Waals surface area (Å²) in [7, 11) is 0. The number of amides is 1. The molecule has 0 saturated carbocycles. The molecular weight excluding hydrogens is 499 g/mol. The molecule has 4 aromatic rings. The highest BCUT2D eigenvalue weighted by Gasteiger charge is 2.16. The van der Waals surface area contributed by atoms with E-state index in [4.69, 9.17) is 27.9 Å². The SMILES string of the molecule is Cc1c(Nc2ccc(CNC(=O)OC(C)(C)C)cc2)ncc2cc(-c3c(Cl)cccc3Cl)c(=O)[nH]c12. The lowest BCUT2D eigenvalue weighted by molar-refractivity contribution is 0.0523. The number of fused-ring (bicyclic) bond motifs is 1. The third-order valence-corrected chi connectivity index (χ3v) is 6.05. The minimum Gasteiger partial charge on any atom is -0.444 e. The zero-order valence-corrected chi connectivity index (χ0v) is 21.8. The summed E-state index contributed by atoms with van der Waals surface area (Å²) in [5.74, 6) is 0.612. The van der Waals surface area contributed by atoms with Gasteiger partial charge in [-0.05, 0) is 63.6 Å². The molecule has 2 heterocycles. The van der Waals surface area contributed by atoms with Crippen molar-refractivity contribution in [2.75, 3.05) is 5.32 Å². The van der Waals surface area contributed by atoms with Crippen LogP contribution in [0.5, 0.6) is 0 Å². The number of alkyl carbamates (subject to hydrolysis) is 1. The first-order valence-corrected chi connectivity index (χ1v) is 12.1. The van der Waals surface area contributed by atoms with Crippen molar-refractivity contribution >= 4 is 51.7 Å². The van der Waals surface area contributed by atoms with Crippen LogP contribution in [0.3, 0.4) is 0 Å². The van der Waals surface area contributed by atoms with E-state index in [-0.39, 0.29) is 5.56 Å². The molecule has 0 radical (unpaired) electrons. The maximum atomic E-state index is 12.9. The third-order valence-electron chi connectivity index (χ3n) is 5.42. The molecule has 186 valence electrons. The summed E-state index contributed by atoms with van der Waals surface area (Å²) >= 11 is 12.6. The summed E-state index contributed by atoms with van der Waals surface area (Å²) < 4.78 is 5.25. The number of aromatic nitrogens is 2. The van der Waals surface area contributed by atoms with E-state index >= 15 is 0 Å². The van der Waals surface area contributed by atoms with E-state index in [0.717, 1.165) is 22.2 Å². The Morgan fingerprint density at radius 3 is 2.39 bits per heavy atom. The van der Waals surface area contributed by atoms with Gasteiger partial charge in [0.2, 0.25) is 0 Å². The van der Waals surface area contributed by atoms with E-state index < -0.39 is 11.7 Å². The number of rotatable bonds is 5. The Morgan fingerprint density at radius 2 is 1.75 bits per heavy atom. The number of pyridine rings is 2. The lowest BCUT2D eigenvalue weighted by Crippen LogP contribution is -2.32. The van der Waals surface area contributed by atoms with Gasteiger partial charge in [-0.15, -0.1) is 0 Å². The topological polar surface area (TPSA) is 96.1 Å². The molecule has 7 nitrogen and oxygen atoms in total. The number of hydrogen-bond donors (Lipinski definition) is 3. The van der Waals surface area contributed by atoms with Crippen molar-refractivity contribution < 1.29 is 9.53 Å². The maximum absolute atomic E-state index is 12.9. The summed E-state index contributed by atoms with van der Waals surface area (Å²) in [6.07, 6.45) is 1.23. The van der Waals surface area contributed by atoms with Crippen LogP contribution in [-0.2, 0) is 11.3 Å². The first-order chi connectivity index (χ1) is 17.0. The van der Waals surface area contributed by atoms with Crippen LogP contribution in [0, 0.1) is 6.92 Å². The number of hydrogen-bond acceptors (Lipinski definition) is 5. The molecule has 0 spiro atoms. The number of ether oxygens (including phenoxy) is 1. The largest absolute Gasteiger partial charge is 0.444 e. The summed E-state index contributed by atoms with van der Waals surface area (Å²) in [6.45, 7) is 7.69. The van der Waals surface area contributed by atoms with Gasteiger partial charge in [0.1, 0.15) is 11.4 Å². The predicted molar refractivity (Wildman–Crippen MR) is 145 cm³/mol. The van der Waals surface area contributed by atoms with Crippen LogP contribution in [0.25, 0.3) is 22.0 Å². The van der Waals surface area contributed by atoms with Crippen LogP contribution < -0.4 is 16.2 Å². The van der Waals surface area contributed by atoms with Crippen molar-refractivity contribution in [3.05, 3.63) is 86.3 Å². The molecule has 0 aliphatic carbocycles. The molecule has 0 fully saturated rings. The Kier molecular flexibility index (Phi) is 7.24. The standard InChI is InChI=1S/C27H26Cl2N4O3/c1-15-23-17(12-19(25(34)33-23)22-20(28)6-5-7-21(22)29)14-30-24(15)32-18-10-8-16(9-11-18)13-31-26(35)36-27(2,3)4/h5-12,14H,13H2,1-4H3,(H,30,32)(H,31,35)(H,33,34). The highest BCUT2D eigenvalue weighted by Crippen LogP contribution is 2.34. The Balaban J connectivity index is 1.53. The van der Waals surface area contributed by atoms with E-state index in [1.165, 1.54) is 0 Å². The van der Waals surface area contributed by atoms with Crippen molar-refractivity contribution in [2.45, 2.75) is 39.8 Å². The zero-order chi connectivity index (χ0) is 26.0. The molecular formula is C27H26Cl2N4O3. The predicted octanol–water partition coefficient (Wildman–Crippen LogP) is 6.97. The number of halogens is 2. The summed E-state index contributed by atoms with van der Waals surface area (Å²) in [5.41, 5.74) is 3.23. The van der Waals surface area contributed by atoms with E-state index in [9.17, 15) is 9.59 Å². The first-order valence-electron chi connectivity index (χ1n) is 11.3. The minimum atomic E-state index is -0.546. The molecule has 0 aliphatic heterocycles. The monoisotopic (exact) mass is 524 g/mol. The highest BCUT2D eigenvalue weighted by atomic mass is 35.5. The van der Waals surface area contributed by atoms with Crippen LogP contribution >= 0.6 is 23.2 Å². The Morgan fingerprint density at radius 1 is 1.08 bits per heavy atom. The molecule has 4 rings (SSSR count). The summed E-state index contributed by atoms with van der Waals surface area (Å²) in [6, 6.07) is 14.5. The number of aromatic amines is 1.